The van der Waals surface area contributed by atoms with Crippen LogP contribution >= 0.6 is 11.6 Å². The lowest BCUT2D eigenvalue weighted by atomic mass is 10.1. The number of hydrogen-bond acceptors (Lipinski definition) is 4. The normalized spacial score (nSPS) is 11.6. The summed E-state index contributed by atoms with van der Waals surface area (Å²) in [5, 5.41) is 9.05. The molecule has 2 aromatic carbocycles. The first-order chi connectivity index (χ1) is 13.9. The maximum atomic E-state index is 13.5. The molecule has 0 saturated heterocycles. The Bertz CT molecular complexity index is 1080. The Labute approximate surface area is 177 Å². The fourth-order valence-corrected chi connectivity index (χ4v) is 4.92. The first-order valence-corrected chi connectivity index (χ1v) is 11.5. The molecule has 0 atom stereocenters. The van der Waals surface area contributed by atoms with Crippen LogP contribution in [-0.4, -0.2) is 29.7 Å². The van der Waals surface area contributed by atoms with Crippen molar-refractivity contribution in [1.82, 2.24) is 14.8 Å². The van der Waals surface area contributed by atoms with E-state index in [2.05, 4.69) is 10.2 Å². The highest BCUT2D eigenvalue weighted by Crippen LogP contribution is 2.35. The molecule has 0 bridgehead atoms. The van der Waals surface area contributed by atoms with Crippen LogP contribution in [0, 0.1) is 0 Å². The van der Waals surface area contributed by atoms with Crippen LogP contribution in [0.5, 0.6) is 0 Å². The van der Waals surface area contributed by atoms with Crippen molar-refractivity contribution < 1.29 is 8.42 Å². The summed E-state index contributed by atoms with van der Waals surface area (Å²) in [5.41, 5.74) is 1.19. The largest absolute Gasteiger partial charge is 0.314 e. The van der Waals surface area contributed by atoms with E-state index < -0.39 is 10.0 Å². The predicted octanol–water partition coefficient (Wildman–Crippen LogP) is 4.69. The number of hydrogen-bond donors (Lipinski definition) is 0. The Balaban J connectivity index is 2.20. The molecule has 154 valence electrons. The van der Waals surface area contributed by atoms with E-state index in [0.29, 0.717) is 28.6 Å². The van der Waals surface area contributed by atoms with Gasteiger partial charge >= 0.3 is 0 Å². The number of unbranched alkanes of at least 4 members (excludes halogenated alkanes) is 1. The Kier molecular flexibility index (Phi) is 6.59. The molecule has 0 fully saturated rings. The average Bonchev–Trinajstić information content (AvgIpc) is 3.10. The van der Waals surface area contributed by atoms with Crippen molar-refractivity contribution in [2.75, 3.05) is 10.8 Å². The predicted molar refractivity (Wildman–Crippen MR) is 117 cm³/mol. The van der Waals surface area contributed by atoms with Crippen LogP contribution in [0.3, 0.4) is 0 Å². The molecule has 1 aromatic heterocycles. The van der Waals surface area contributed by atoms with Crippen molar-refractivity contribution in [1.29, 1.82) is 0 Å². The number of rotatable bonds is 8. The van der Waals surface area contributed by atoms with E-state index in [0.717, 1.165) is 25.1 Å². The van der Waals surface area contributed by atoms with Gasteiger partial charge in [0.25, 0.3) is 10.0 Å². The summed E-state index contributed by atoms with van der Waals surface area (Å²) in [6.07, 6.45) is 2.32. The van der Waals surface area contributed by atoms with Crippen LogP contribution in [0.15, 0.2) is 53.4 Å². The van der Waals surface area contributed by atoms with Crippen molar-refractivity contribution in [2.45, 2.75) is 38.0 Å². The van der Waals surface area contributed by atoms with Gasteiger partial charge < -0.3 is 4.57 Å². The standard InChI is InChI=1S/C21H25ClN4O2S/c1-4-6-14-26(29(27,28)17-10-8-7-9-11-17)19-13-12-16(22)15-18(19)21-24-23-20(5-2)25(21)3/h7-13,15H,4-6,14H2,1-3H3. The number of halogens is 1. The van der Waals surface area contributed by atoms with Crippen LogP contribution in [0.4, 0.5) is 5.69 Å². The lowest BCUT2D eigenvalue weighted by molar-refractivity contribution is 0.588. The van der Waals surface area contributed by atoms with Crippen molar-refractivity contribution >= 4 is 27.3 Å². The molecule has 0 aliphatic carbocycles. The lowest BCUT2D eigenvalue weighted by Gasteiger charge is -2.26. The summed E-state index contributed by atoms with van der Waals surface area (Å²) in [6.45, 7) is 4.40. The molecule has 3 aromatic rings. The number of anilines is 1. The van der Waals surface area contributed by atoms with Gasteiger partial charge in [-0.05, 0) is 36.8 Å². The molecule has 1 heterocycles. The van der Waals surface area contributed by atoms with Gasteiger partial charge in [-0.25, -0.2) is 8.42 Å². The van der Waals surface area contributed by atoms with Crippen LogP contribution in [0.25, 0.3) is 11.4 Å². The number of aromatic nitrogens is 3. The zero-order valence-corrected chi connectivity index (χ0v) is 18.4. The third kappa shape index (κ3) is 4.31. The van der Waals surface area contributed by atoms with Crippen LogP contribution in [0.2, 0.25) is 5.02 Å². The van der Waals surface area contributed by atoms with E-state index in [1.807, 2.05) is 25.5 Å². The second-order valence-corrected chi connectivity index (χ2v) is 9.06. The zero-order chi connectivity index (χ0) is 21.0. The first-order valence-electron chi connectivity index (χ1n) is 9.66. The molecule has 0 unspecified atom stereocenters. The molecule has 3 rings (SSSR count). The molecular formula is C21H25ClN4O2S. The van der Waals surface area contributed by atoms with Gasteiger partial charge in [0, 0.05) is 30.6 Å². The van der Waals surface area contributed by atoms with E-state index >= 15 is 0 Å². The number of aryl methyl sites for hydroxylation is 1. The molecule has 0 N–H and O–H groups in total. The minimum Gasteiger partial charge on any atom is -0.314 e. The fourth-order valence-electron chi connectivity index (χ4n) is 3.20. The van der Waals surface area contributed by atoms with Crippen LogP contribution in [0.1, 0.15) is 32.5 Å². The van der Waals surface area contributed by atoms with Gasteiger partial charge in [0.15, 0.2) is 5.82 Å². The number of benzene rings is 2. The topological polar surface area (TPSA) is 68.1 Å². The maximum absolute atomic E-state index is 13.5. The van der Waals surface area contributed by atoms with E-state index in [1.165, 1.54) is 4.31 Å². The minimum absolute atomic E-state index is 0.254. The van der Waals surface area contributed by atoms with Crippen molar-refractivity contribution in [3.05, 3.63) is 59.4 Å². The molecular weight excluding hydrogens is 408 g/mol. The number of sulfonamides is 1. The summed E-state index contributed by atoms with van der Waals surface area (Å²) in [7, 11) is -1.87. The van der Waals surface area contributed by atoms with Gasteiger partial charge in [-0.2, -0.15) is 0 Å². The van der Waals surface area contributed by atoms with Crippen LogP contribution in [-0.2, 0) is 23.5 Å². The fraction of sp³-hybridized carbons (Fsp3) is 0.333. The Morgan fingerprint density at radius 3 is 2.41 bits per heavy atom. The molecule has 6 nitrogen and oxygen atoms in total. The second-order valence-electron chi connectivity index (χ2n) is 6.76. The third-order valence-corrected chi connectivity index (χ3v) is 6.86. The molecule has 0 aliphatic heterocycles. The van der Waals surface area contributed by atoms with E-state index in [4.69, 9.17) is 11.6 Å². The van der Waals surface area contributed by atoms with Gasteiger partial charge in [-0.1, -0.05) is 50.1 Å². The Morgan fingerprint density at radius 1 is 1.07 bits per heavy atom. The van der Waals surface area contributed by atoms with Gasteiger partial charge in [0.2, 0.25) is 0 Å². The highest BCUT2D eigenvalue weighted by Gasteiger charge is 2.28. The molecule has 0 amide bonds. The summed E-state index contributed by atoms with van der Waals surface area (Å²) in [6, 6.07) is 13.7. The van der Waals surface area contributed by atoms with Gasteiger partial charge in [0.1, 0.15) is 5.82 Å². The van der Waals surface area contributed by atoms with Crippen molar-refractivity contribution in [3.63, 3.8) is 0 Å². The molecule has 0 spiro atoms. The quantitative estimate of drug-likeness (QED) is 0.517. The lowest BCUT2D eigenvalue weighted by Crippen LogP contribution is -2.32. The van der Waals surface area contributed by atoms with Gasteiger partial charge in [0.05, 0.1) is 10.6 Å². The van der Waals surface area contributed by atoms with Gasteiger partial charge in [-0.3, -0.25) is 4.31 Å². The summed E-state index contributed by atoms with van der Waals surface area (Å²) >= 11 is 6.27. The monoisotopic (exact) mass is 432 g/mol. The maximum Gasteiger partial charge on any atom is 0.264 e. The number of nitrogens with zero attached hydrogens (tertiary/aromatic N) is 4. The molecule has 0 radical (unpaired) electrons. The molecule has 8 heteroatoms. The van der Waals surface area contributed by atoms with E-state index in [9.17, 15) is 8.42 Å². The van der Waals surface area contributed by atoms with E-state index in [-0.39, 0.29) is 4.90 Å². The summed E-state index contributed by atoms with van der Waals surface area (Å²) in [5.74, 6) is 1.40. The molecule has 29 heavy (non-hydrogen) atoms. The SMILES string of the molecule is CCCCN(c1ccc(Cl)cc1-c1nnc(CC)n1C)S(=O)(=O)c1ccccc1. The Morgan fingerprint density at radius 2 is 1.79 bits per heavy atom. The highest BCUT2D eigenvalue weighted by atomic mass is 35.5. The molecule has 0 aliphatic rings. The second kappa shape index (κ2) is 8.97. The average molecular weight is 433 g/mol. The Hall–Kier alpha value is -2.38. The highest BCUT2D eigenvalue weighted by molar-refractivity contribution is 7.92. The smallest absolute Gasteiger partial charge is 0.264 e. The summed E-state index contributed by atoms with van der Waals surface area (Å²) in [4.78, 5) is 0.254. The van der Waals surface area contributed by atoms with Crippen molar-refractivity contribution in [3.8, 4) is 11.4 Å². The van der Waals surface area contributed by atoms with E-state index in [1.54, 1.807) is 48.5 Å². The van der Waals surface area contributed by atoms with Gasteiger partial charge in [-0.15, -0.1) is 10.2 Å². The first kappa shape index (κ1) is 21.3. The van der Waals surface area contributed by atoms with Crippen molar-refractivity contribution in [2.24, 2.45) is 7.05 Å². The minimum atomic E-state index is -3.75. The summed E-state index contributed by atoms with van der Waals surface area (Å²) < 4.78 is 30.3. The molecule has 0 saturated carbocycles. The zero-order valence-electron chi connectivity index (χ0n) is 16.8. The third-order valence-electron chi connectivity index (χ3n) is 4.80. The van der Waals surface area contributed by atoms with Crippen LogP contribution < -0.4 is 4.31 Å².